The maximum Gasteiger partial charge on any atom is 0.119 e. The second-order valence-electron chi connectivity index (χ2n) is 5.08. The molecule has 0 radical (unpaired) electrons. The summed E-state index contributed by atoms with van der Waals surface area (Å²) in [6, 6.07) is 8.49. The molecule has 0 saturated heterocycles. The van der Waals surface area contributed by atoms with Crippen LogP contribution < -0.4 is 10.1 Å². The first-order valence-electron chi connectivity index (χ1n) is 7.55. The molecule has 0 aliphatic heterocycles. The zero-order valence-corrected chi connectivity index (χ0v) is 14.1. The van der Waals surface area contributed by atoms with Gasteiger partial charge in [-0.2, -0.15) is 0 Å². The van der Waals surface area contributed by atoms with E-state index in [0.29, 0.717) is 6.61 Å². The standard InChI is InChI=1S/C17H24N2OS/c1-5-11-18-16(17-19-12(3)13(4)21-17)14-7-9-15(10-8-14)20-6-2/h7-10,16,18H,5-6,11H2,1-4H3. The van der Waals surface area contributed by atoms with Crippen LogP contribution in [-0.2, 0) is 0 Å². The van der Waals surface area contributed by atoms with E-state index in [1.165, 1.54) is 10.4 Å². The van der Waals surface area contributed by atoms with Crippen LogP contribution in [-0.4, -0.2) is 18.1 Å². The Balaban J connectivity index is 2.26. The van der Waals surface area contributed by atoms with Gasteiger partial charge in [-0.1, -0.05) is 19.1 Å². The number of ether oxygens (including phenoxy) is 1. The fourth-order valence-electron chi connectivity index (χ4n) is 2.18. The summed E-state index contributed by atoms with van der Waals surface area (Å²) < 4.78 is 5.52. The van der Waals surface area contributed by atoms with Crippen LogP contribution >= 0.6 is 11.3 Å². The Bertz CT molecular complexity index is 543. The molecule has 0 aliphatic carbocycles. The molecule has 0 bridgehead atoms. The van der Waals surface area contributed by atoms with Crippen LogP contribution in [0.1, 0.15) is 47.5 Å². The highest BCUT2D eigenvalue weighted by Crippen LogP contribution is 2.29. The van der Waals surface area contributed by atoms with Gasteiger partial charge in [0.15, 0.2) is 0 Å². The minimum atomic E-state index is 0.165. The maximum atomic E-state index is 5.52. The predicted octanol–water partition coefficient (Wildman–Crippen LogP) is 4.25. The van der Waals surface area contributed by atoms with Crippen molar-refractivity contribution in [1.82, 2.24) is 10.3 Å². The number of nitrogens with zero attached hydrogens (tertiary/aromatic N) is 1. The van der Waals surface area contributed by atoms with E-state index in [1.54, 1.807) is 11.3 Å². The maximum absolute atomic E-state index is 5.52. The molecule has 4 heteroatoms. The molecule has 0 fully saturated rings. The smallest absolute Gasteiger partial charge is 0.119 e. The van der Waals surface area contributed by atoms with Gasteiger partial charge in [0.1, 0.15) is 10.8 Å². The van der Waals surface area contributed by atoms with E-state index >= 15 is 0 Å². The lowest BCUT2D eigenvalue weighted by Gasteiger charge is -2.17. The first kappa shape index (κ1) is 16.0. The van der Waals surface area contributed by atoms with Crippen molar-refractivity contribution in [2.45, 2.75) is 40.2 Å². The summed E-state index contributed by atoms with van der Waals surface area (Å²) in [7, 11) is 0. The lowest BCUT2D eigenvalue weighted by molar-refractivity contribution is 0.340. The molecular weight excluding hydrogens is 280 g/mol. The van der Waals surface area contributed by atoms with Crippen molar-refractivity contribution in [1.29, 1.82) is 0 Å². The van der Waals surface area contributed by atoms with Crippen molar-refractivity contribution in [3.63, 3.8) is 0 Å². The Morgan fingerprint density at radius 3 is 2.43 bits per heavy atom. The van der Waals surface area contributed by atoms with E-state index in [-0.39, 0.29) is 6.04 Å². The van der Waals surface area contributed by atoms with Gasteiger partial charge in [-0.15, -0.1) is 11.3 Å². The number of aromatic nitrogens is 1. The van der Waals surface area contributed by atoms with Crippen LogP contribution in [0.4, 0.5) is 0 Å². The van der Waals surface area contributed by atoms with E-state index in [4.69, 9.17) is 9.72 Å². The lowest BCUT2D eigenvalue weighted by atomic mass is 10.1. The number of nitrogens with one attached hydrogen (secondary N) is 1. The van der Waals surface area contributed by atoms with E-state index < -0.39 is 0 Å². The fourth-order valence-corrected chi connectivity index (χ4v) is 3.21. The molecule has 1 aromatic carbocycles. The second kappa shape index (κ2) is 7.57. The number of rotatable bonds is 7. The van der Waals surface area contributed by atoms with E-state index in [9.17, 15) is 0 Å². The normalized spacial score (nSPS) is 12.4. The Hall–Kier alpha value is -1.39. The molecule has 2 aromatic rings. The number of thiazole rings is 1. The molecule has 0 amide bonds. The Morgan fingerprint density at radius 2 is 1.90 bits per heavy atom. The van der Waals surface area contributed by atoms with Crippen molar-refractivity contribution in [3.05, 3.63) is 45.4 Å². The molecule has 1 N–H and O–H groups in total. The molecule has 0 spiro atoms. The second-order valence-corrected chi connectivity index (χ2v) is 6.32. The zero-order chi connectivity index (χ0) is 15.2. The molecule has 1 heterocycles. The van der Waals surface area contributed by atoms with Crippen LogP contribution in [0.2, 0.25) is 0 Å². The van der Waals surface area contributed by atoms with Gasteiger partial charge < -0.3 is 10.1 Å². The zero-order valence-electron chi connectivity index (χ0n) is 13.3. The average molecular weight is 304 g/mol. The van der Waals surface area contributed by atoms with Gasteiger partial charge in [-0.25, -0.2) is 4.98 Å². The van der Waals surface area contributed by atoms with E-state index in [2.05, 4.69) is 38.2 Å². The number of benzene rings is 1. The van der Waals surface area contributed by atoms with Crippen LogP contribution in [0.15, 0.2) is 24.3 Å². The number of aryl methyl sites for hydroxylation is 2. The van der Waals surface area contributed by atoms with Gasteiger partial charge in [-0.3, -0.25) is 0 Å². The third-order valence-corrected chi connectivity index (χ3v) is 4.55. The summed E-state index contributed by atoms with van der Waals surface area (Å²) in [6.07, 6.45) is 1.11. The summed E-state index contributed by atoms with van der Waals surface area (Å²) in [5.41, 5.74) is 2.37. The minimum absolute atomic E-state index is 0.165. The monoisotopic (exact) mass is 304 g/mol. The third-order valence-electron chi connectivity index (χ3n) is 3.41. The highest BCUT2D eigenvalue weighted by Gasteiger charge is 2.18. The van der Waals surface area contributed by atoms with Crippen molar-refractivity contribution < 1.29 is 4.74 Å². The summed E-state index contributed by atoms with van der Waals surface area (Å²) in [5.74, 6) is 0.919. The molecule has 2 rings (SSSR count). The van der Waals surface area contributed by atoms with Crippen molar-refractivity contribution >= 4 is 11.3 Å². The van der Waals surface area contributed by atoms with Crippen LogP contribution in [0, 0.1) is 13.8 Å². The van der Waals surface area contributed by atoms with E-state index in [0.717, 1.165) is 29.4 Å². The summed E-state index contributed by atoms with van der Waals surface area (Å²) in [6.45, 7) is 10.1. The highest BCUT2D eigenvalue weighted by molar-refractivity contribution is 7.11. The van der Waals surface area contributed by atoms with Gasteiger partial charge in [0, 0.05) is 4.88 Å². The van der Waals surface area contributed by atoms with Gasteiger partial charge in [0.05, 0.1) is 18.3 Å². The SMILES string of the molecule is CCCNC(c1ccc(OCC)cc1)c1nc(C)c(C)s1. The van der Waals surface area contributed by atoms with Crippen LogP contribution in [0.3, 0.4) is 0 Å². The van der Waals surface area contributed by atoms with Crippen molar-refractivity contribution in [2.75, 3.05) is 13.2 Å². The third kappa shape index (κ3) is 4.05. The van der Waals surface area contributed by atoms with Crippen LogP contribution in [0.25, 0.3) is 0 Å². The summed E-state index contributed by atoms with van der Waals surface area (Å²) in [5, 5.41) is 4.74. The summed E-state index contributed by atoms with van der Waals surface area (Å²) >= 11 is 1.78. The Kier molecular flexibility index (Phi) is 5.76. The van der Waals surface area contributed by atoms with Gasteiger partial charge >= 0.3 is 0 Å². The molecule has 1 unspecified atom stereocenters. The molecule has 114 valence electrons. The fraction of sp³-hybridized carbons (Fsp3) is 0.471. The average Bonchev–Trinajstić information content (AvgIpc) is 2.81. The molecule has 21 heavy (non-hydrogen) atoms. The lowest BCUT2D eigenvalue weighted by Crippen LogP contribution is -2.23. The van der Waals surface area contributed by atoms with Gasteiger partial charge in [0.25, 0.3) is 0 Å². The minimum Gasteiger partial charge on any atom is -0.494 e. The molecular formula is C17H24N2OS. The Morgan fingerprint density at radius 1 is 1.19 bits per heavy atom. The quantitative estimate of drug-likeness (QED) is 0.830. The van der Waals surface area contributed by atoms with Gasteiger partial charge in [-0.05, 0) is 51.4 Å². The molecule has 0 saturated carbocycles. The highest BCUT2D eigenvalue weighted by atomic mass is 32.1. The Labute approximate surface area is 131 Å². The molecule has 3 nitrogen and oxygen atoms in total. The summed E-state index contributed by atoms with van der Waals surface area (Å²) in [4.78, 5) is 6.01. The predicted molar refractivity (Wildman–Crippen MR) is 89.3 cm³/mol. The molecule has 1 atom stereocenters. The molecule has 1 aromatic heterocycles. The number of hydrogen-bond acceptors (Lipinski definition) is 4. The van der Waals surface area contributed by atoms with Crippen molar-refractivity contribution in [3.8, 4) is 5.75 Å². The topological polar surface area (TPSA) is 34.1 Å². The van der Waals surface area contributed by atoms with Crippen molar-refractivity contribution in [2.24, 2.45) is 0 Å². The van der Waals surface area contributed by atoms with Gasteiger partial charge in [0.2, 0.25) is 0 Å². The molecule has 0 aliphatic rings. The number of hydrogen-bond donors (Lipinski definition) is 1. The largest absolute Gasteiger partial charge is 0.494 e. The van der Waals surface area contributed by atoms with Crippen LogP contribution in [0.5, 0.6) is 5.75 Å². The van der Waals surface area contributed by atoms with E-state index in [1.807, 2.05) is 19.1 Å². The first-order valence-corrected chi connectivity index (χ1v) is 8.37. The first-order chi connectivity index (χ1) is 10.2.